The molecule has 0 aromatic carbocycles. The third-order valence-corrected chi connectivity index (χ3v) is 6.50. The van der Waals surface area contributed by atoms with Gasteiger partial charge in [-0.15, -0.1) is 0 Å². The Hall–Kier alpha value is -2.98. The number of rotatable bonds is 6. The zero-order chi connectivity index (χ0) is 23.5. The van der Waals surface area contributed by atoms with Crippen molar-refractivity contribution in [3.05, 3.63) is 35.5 Å². The minimum Gasteiger partial charge on any atom is -0.449 e. The Morgan fingerprint density at radius 3 is 3.00 bits per heavy atom. The molecule has 0 bridgehead atoms. The number of amides is 1. The van der Waals surface area contributed by atoms with E-state index in [1.807, 2.05) is 0 Å². The van der Waals surface area contributed by atoms with E-state index >= 15 is 0 Å². The minimum absolute atomic E-state index is 0.0430. The van der Waals surface area contributed by atoms with Crippen molar-refractivity contribution in [3.63, 3.8) is 0 Å². The average Bonchev–Trinajstić information content (AvgIpc) is 3.49. The van der Waals surface area contributed by atoms with Crippen molar-refractivity contribution in [1.82, 2.24) is 25.3 Å². The molecule has 2 aliphatic rings. The highest BCUT2D eigenvalue weighted by Gasteiger charge is 2.26. The van der Waals surface area contributed by atoms with Gasteiger partial charge in [0.2, 0.25) is 0 Å². The number of carbonyl (C=O) groups is 1. The van der Waals surface area contributed by atoms with Crippen LogP contribution < -0.4 is 10.6 Å². The molecule has 3 N–H and O–H groups in total. The first-order valence-electron chi connectivity index (χ1n) is 11.5. The number of ether oxygens (including phenoxy) is 2. The number of hydrogen-bond donors (Lipinski definition) is 3. The van der Waals surface area contributed by atoms with Crippen molar-refractivity contribution in [2.24, 2.45) is 5.92 Å². The Labute approximate surface area is 200 Å². The number of nitrogens with one attached hydrogen (secondary N) is 3. The normalized spacial score (nSPS) is 22.6. The first kappa shape index (κ1) is 22.8. The summed E-state index contributed by atoms with van der Waals surface area (Å²) in [7, 11) is 0. The minimum atomic E-state index is -0.534. The molecule has 1 aliphatic heterocycles. The summed E-state index contributed by atoms with van der Waals surface area (Å²) in [5.41, 5.74) is 1.34. The van der Waals surface area contributed by atoms with Crippen LogP contribution in [-0.4, -0.2) is 57.9 Å². The van der Waals surface area contributed by atoms with Crippen molar-refractivity contribution >= 4 is 34.5 Å². The lowest BCUT2D eigenvalue weighted by Crippen LogP contribution is -2.42. The zero-order valence-corrected chi connectivity index (χ0v) is 19.3. The van der Waals surface area contributed by atoms with Gasteiger partial charge in [-0.25, -0.2) is 24.1 Å². The number of nitrogens with zero attached hydrogens (tertiary/aromatic N) is 3. The van der Waals surface area contributed by atoms with E-state index in [1.54, 1.807) is 18.5 Å². The molecule has 3 aromatic rings. The number of alkyl carbamates (subject to hydrolysis) is 1. The van der Waals surface area contributed by atoms with Gasteiger partial charge in [-0.3, -0.25) is 0 Å². The van der Waals surface area contributed by atoms with E-state index in [2.05, 4.69) is 30.6 Å². The Balaban J connectivity index is 1.23. The maximum Gasteiger partial charge on any atom is 0.407 e. The smallest absolute Gasteiger partial charge is 0.407 e. The third kappa shape index (κ3) is 5.23. The van der Waals surface area contributed by atoms with Gasteiger partial charge in [-0.05, 0) is 38.2 Å². The molecule has 1 aliphatic carbocycles. The van der Waals surface area contributed by atoms with Gasteiger partial charge in [-0.2, -0.15) is 0 Å². The predicted molar refractivity (Wildman–Crippen MR) is 125 cm³/mol. The van der Waals surface area contributed by atoms with Gasteiger partial charge in [0.05, 0.1) is 24.4 Å². The average molecular weight is 489 g/mol. The quantitative estimate of drug-likeness (QED) is 0.474. The zero-order valence-electron chi connectivity index (χ0n) is 18.5. The number of carbonyl (C=O) groups excluding carboxylic acids is 1. The van der Waals surface area contributed by atoms with Crippen molar-refractivity contribution in [1.29, 1.82) is 0 Å². The Morgan fingerprint density at radius 2 is 2.15 bits per heavy atom. The van der Waals surface area contributed by atoms with E-state index in [9.17, 15) is 9.18 Å². The fourth-order valence-corrected chi connectivity index (χ4v) is 4.68. The van der Waals surface area contributed by atoms with Crippen molar-refractivity contribution in [2.45, 2.75) is 44.2 Å². The maximum absolute atomic E-state index is 14.6. The SMILES string of the molecule is O=C(N[C@@H]1CCC[C@H](Nc2nc(-c3c[nH]c4ncc(Cl)cc34)ncc2F)C1)OCC1CCOC1. The predicted octanol–water partition coefficient (Wildman–Crippen LogP) is 4.30. The lowest BCUT2D eigenvalue weighted by molar-refractivity contribution is 0.112. The molecule has 0 radical (unpaired) electrons. The number of H-pyrrole nitrogens is 1. The summed E-state index contributed by atoms with van der Waals surface area (Å²) in [4.78, 5) is 28.1. The molecule has 1 saturated heterocycles. The van der Waals surface area contributed by atoms with Crippen LogP contribution in [0.2, 0.25) is 5.02 Å². The van der Waals surface area contributed by atoms with Crippen LogP contribution in [-0.2, 0) is 9.47 Å². The number of fused-ring (bicyclic) bond motifs is 1. The molecule has 3 atom stereocenters. The van der Waals surface area contributed by atoms with Gasteiger partial charge in [-0.1, -0.05) is 11.6 Å². The summed E-state index contributed by atoms with van der Waals surface area (Å²) in [5.74, 6) is 0.228. The molecule has 180 valence electrons. The highest BCUT2D eigenvalue weighted by Crippen LogP contribution is 2.29. The maximum atomic E-state index is 14.6. The van der Waals surface area contributed by atoms with Crippen LogP contribution in [0.1, 0.15) is 32.1 Å². The number of pyridine rings is 1. The van der Waals surface area contributed by atoms with Crippen LogP contribution in [0.4, 0.5) is 15.0 Å². The summed E-state index contributed by atoms with van der Waals surface area (Å²) >= 11 is 6.09. The number of anilines is 1. The number of aromatic amines is 1. The van der Waals surface area contributed by atoms with Gasteiger partial charge in [0.15, 0.2) is 17.5 Å². The molecule has 3 aromatic heterocycles. The van der Waals surface area contributed by atoms with Gasteiger partial charge in [0, 0.05) is 48.0 Å². The number of halogens is 2. The van der Waals surface area contributed by atoms with E-state index in [0.717, 1.165) is 43.9 Å². The number of hydrogen-bond acceptors (Lipinski definition) is 7. The molecule has 1 saturated carbocycles. The van der Waals surface area contributed by atoms with Gasteiger partial charge >= 0.3 is 6.09 Å². The molecule has 11 heteroatoms. The Kier molecular flexibility index (Phi) is 6.77. The molecule has 2 fully saturated rings. The van der Waals surface area contributed by atoms with Gasteiger partial charge in [0.25, 0.3) is 0 Å². The molecule has 4 heterocycles. The summed E-state index contributed by atoms with van der Waals surface area (Å²) in [6.45, 7) is 1.72. The van der Waals surface area contributed by atoms with E-state index < -0.39 is 11.9 Å². The van der Waals surface area contributed by atoms with E-state index in [1.165, 1.54) is 0 Å². The standard InChI is InChI=1S/C23H26ClFN6O3/c24-14-6-17-18(9-27-20(17)26-8-14)21-28-10-19(25)22(31-21)29-15-2-1-3-16(7-15)30-23(32)34-12-13-4-5-33-11-13/h6,8-10,13,15-16H,1-5,7,11-12H2,(H,26,27)(H,30,32)(H,28,29,31)/t13?,15-,16+/m0/s1. The first-order chi connectivity index (χ1) is 16.5. The third-order valence-electron chi connectivity index (χ3n) is 6.29. The summed E-state index contributed by atoms with van der Waals surface area (Å²) in [6.07, 6.45) is 8.17. The van der Waals surface area contributed by atoms with Crippen LogP contribution in [0.5, 0.6) is 0 Å². The van der Waals surface area contributed by atoms with Crippen LogP contribution in [0, 0.1) is 11.7 Å². The highest BCUT2D eigenvalue weighted by molar-refractivity contribution is 6.31. The molecule has 1 amide bonds. The van der Waals surface area contributed by atoms with Crippen molar-refractivity contribution in [2.75, 3.05) is 25.1 Å². The van der Waals surface area contributed by atoms with Crippen LogP contribution in [0.25, 0.3) is 22.4 Å². The number of aromatic nitrogens is 4. The van der Waals surface area contributed by atoms with E-state index in [0.29, 0.717) is 41.7 Å². The molecule has 0 spiro atoms. The molecule has 1 unspecified atom stereocenters. The van der Waals surface area contributed by atoms with Crippen LogP contribution in [0.3, 0.4) is 0 Å². The molecular weight excluding hydrogens is 463 g/mol. The van der Waals surface area contributed by atoms with Crippen LogP contribution in [0.15, 0.2) is 24.7 Å². The largest absolute Gasteiger partial charge is 0.449 e. The molecular formula is C23H26ClFN6O3. The lowest BCUT2D eigenvalue weighted by atomic mass is 9.91. The molecule has 5 rings (SSSR count). The molecule has 9 nitrogen and oxygen atoms in total. The second-order valence-corrected chi connectivity index (χ2v) is 9.26. The lowest BCUT2D eigenvalue weighted by Gasteiger charge is -2.30. The van der Waals surface area contributed by atoms with Crippen LogP contribution >= 0.6 is 11.6 Å². The topological polar surface area (TPSA) is 114 Å². The fourth-order valence-electron chi connectivity index (χ4n) is 4.52. The Bertz CT molecular complexity index is 1170. The van der Waals surface area contributed by atoms with Gasteiger partial charge in [0.1, 0.15) is 5.65 Å². The van der Waals surface area contributed by atoms with E-state index in [-0.39, 0.29) is 23.8 Å². The first-order valence-corrected chi connectivity index (χ1v) is 11.9. The fraction of sp³-hybridized carbons (Fsp3) is 0.478. The monoisotopic (exact) mass is 488 g/mol. The second kappa shape index (κ2) is 10.1. The Morgan fingerprint density at radius 1 is 1.26 bits per heavy atom. The summed E-state index contributed by atoms with van der Waals surface area (Å²) in [5, 5.41) is 7.39. The van der Waals surface area contributed by atoms with Gasteiger partial charge < -0.3 is 25.1 Å². The van der Waals surface area contributed by atoms with Crippen molar-refractivity contribution < 1.29 is 18.7 Å². The van der Waals surface area contributed by atoms with Crippen molar-refractivity contribution in [3.8, 4) is 11.4 Å². The second-order valence-electron chi connectivity index (χ2n) is 8.82. The summed E-state index contributed by atoms with van der Waals surface area (Å²) < 4.78 is 25.2. The highest BCUT2D eigenvalue weighted by atomic mass is 35.5. The summed E-state index contributed by atoms with van der Waals surface area (Å²) in [6, 6.07) is 1.68. The van der Waals surface area contributed by atoms with E-state index in [4.69, 9.17) is 21.1 Å². The molecule has 34 heavy (non-hydrogen) atoms.